The van der Waals surface area contributed by atoms with Crippen LogP contribution < -0.4 is 10.0 Å². The molecule has 2 N–H and O–H groups in total. The summed E-state index contributed by atoms with van der Waals surface area (Å²) in [5.74, 6) is 1.39. The van der Waals surface area contributed by atoms with Gasteiger partial charge in [-0.2, -0.15) is 0 Å². The lowest BCUT2D eigenvalue weighted by molar-refractivity contribution is 0.270. The van der Waals surface area contributed by atoms with Gasteiger partial charge in [0, 0.05) is 16.1 Å². The van der Waals surface area contributed by atoms with Crippen LogP contribution in [0.4, 0.5) is 5.00 Å². The van der Waals surface area contributed by atoms with Crippen molar-refractivity contribution in [3.05, 3.63) is 22.7 Å². The molecule has 1 aromatic rings. The molecule has 4 rings (SSSR count). The van der Waals surface area contributed by atoms with Gasteiger partial charge in [0.2, 0.25) is 4.90 Å². The van der Waals surface area contributed by atoms with E-state index in [1.54, 1.807) is 0 Å². The average molecular weight is 351 g/mol. The monoisotopic (exact) mass is 350 g/mol. The average Bonchev–Trinajstić information content (AvgIpc) is 3.27. The Balaban J connectivity index is 1.56. The Morgan fingerprint density at radius 1 is 1.26 bits per heavy atom. The molecule has 0 amide bonds. The molecule has 3 nitrogen and oxygen atoms in total. The minimum Gasteiger partial charge on any atom is -0.593 e. The fourth-order valence-corrected chi connectivity index (χ4v) is 6.62. The van der Waals surface area contributed by atoms with E-state index < -0.39 is 11.4 Å². The summed E-state index contributed by atoms with van der Waals surface area (Å²) in [6, 6.07) is 0.421. The number of thiophene rings is 1. The molecular weight excluding hydrogens is 324 g/mol. The van der Waals surface area contributed by atoms with Gasteiger partial charge in [-0.25, -0.2) is 0 Å². The molecule has 0 spiro atoms. The summed E-state index contributed by atoms with van der Waals surface area (Å²) < 4.78 is 16.4. The summed E-state index contributed by atoms with van der Waals surface area (Å²) in [5, 5.41) is 4.61. The van der Waals surface area contributed by atoms with E-state index in [2.05, 4.69) is 23.5 Å². The smallest absolute Gasteiger partial charge is 0.211 e. The number of rotatable bonds is 6. The Labute approximate surface area is 146 Å². The van der Waals surface area contributed by atoms with Crippen molar-refractivity contribution in [3.63, 3.8) is 0 Å². The quantitative estimate of drug-likeness (QED) is 0.749. The molecule has 0 radical (unpaired) electrons. The number of hydrogen-bond donors (Lipinski definition) is 2. The van der Waals surface area contributed by atoms with Crippen LogP contribution in [0.5, 0.6) is 0 Å². The van der Waals surface area contributed by atoms with Gasteiger partial charge in [0.15, 0.2) is 5.00 Å². The standard InChI is InChI=1S/C18H26N2OS2/c1-11-9-14(10-11)20-23(21)17-15-5-3-4-6-16(15)22-18(17)19-12(2)13-7-8-13/h11,13-14,19-20H,2-10H2,1H3/t11-,14+,23?. The first kappa shape index (κ1) is 16.0. The van der Waals surface area contributed by atoms with Crippen LogP contribution >= 0.6 is 11.3 Å². The van der Waals surface area contributed by atoms with Gasteiger partial charge < -0.3 is 9.87 Å². The Morgan fingerprint density at radius 2 is 2.00 bits per heavy atom. The summed E-state index contributed by atoms with van der Waals surface area (Å²) in [6.45, 7) is 6.46. The fraction of sp³-hybridized carbons (Fsp3) is 0.667. The number of hydrogen-bond acceptors (Lipinski definition) is 4. The van der Waals surface area contributed by atoms with Crippen LogP contribution in [0.15, 0.2) is 17.2 Å². The highest BCUT2D eigenvalue weighted by Crippen LogP contribution is 2.44. The van der Waals surface area contributed by atoms with Crippen molar-refractivity contribution in [2.45, 2.75) is 69.2 Å². The van der Waals surface area contributed by atoms with Crippen molar-refractivity contribution in [2.24, 2.45) is 11.8 Å². The van der Waals surface area contributed by atoms with Crippen LogP contribution in [0.25, 0.3) is 0 Å². The summed E-state index contributed by atoms with van der Waals surface area (Å²) >= 11 is 0.713. The van der Waals surface area contributed by atoms with Gasteiger partial charge in [-0.1, -0.05) is 13.5 Å². The highest BCUT2D eigenvalue weighted by atomic mass is 32.2. The second-order valence-corrected chi connectivity index (χ2v) is 9.74. The van der Waals surface area contributed by atoms with Crippen molar-refractivity contribution in [3.8, 4) is 0 Å². The predicted molar refractivity (Wildman–Crippen MR) is 98.2 cm³/mol. The summed E-state index contributed by atoms with van der Waals surface area (Å²) in [5.41, 5.74) is 2.46. The molecule has 0 bridgehead atoms. The van der Waals surface area contributed by atoms with E-state index in [0.29, 0.717) is 12.0 Å². The summed E-state index contributed by atoms with van der Waals surface area (Å²) in [7, 11) is 0. The lowest BCUT2D eigenvalue weighted by atomic mass is 9.83. The van der Waals surface area contributed by atoms with Gasteiger partial charge in [0.1, 0.15) is 0 Å². The number of allylic oxidation sites excluding steroid dienone is 1. The Morgan fingerprint density at radius 3 is 2.70 bits per heavy atom. The number of aryl methyl sites for hydroxylation is 1. The number of fused-ring (bicyclic) bond motifs is 1. The second-order valence-electron chi connectivity index (χ2n) is 7.45. The molecule has 2 fully saturated rings. The van der Waals surface area contributed by atoms with Crippen LogP contribution in [0.3, 0.4) is 0 Å². The van der Waals surface area contributed by atoms with E-state index in [-0.39, 0.29) is 0 Å². The Kier molecular flexibility index (Phi) is 4.47. The van der Waals surface area contributed by atoms with Crippen molar-refractivity contribution in [1.82, 2.24) is 4.72 Å². The zero-order chi connectivity index (χ0) is 16.0. The van der Waals surface area contributed by atoms with Crippen LogP contribution in [0, 0.1) is 11.8 Å². The molecule has 3 aliphatic rings. The van der Waals surface area contributed by atoms with Gasteiger partial charge in [0.05, 0.1) is 17.4 Å². The van der Waals surface area contributed by atoms with Crippen molar-refractivity contribution >= 4 is 27.7 Å². The maximum absolute atomic E-state index is 13.0. The molecule has 0 aromatic carbocycles. The lowest BCUT2D eigenvalue weighted by Crippen LogP contribution is -2.43. The zero-order valence-electron chi connectivity index (χ0n) is 13.8. The number of anilines is 1. The van der Waals surface area contributed by atoms with Crippen LogP contribution in [-0.2, 0) is 24.2 Å². The van der Waals surface area contributed by atoms with Gasteiger partial charge in [0.25, 0.3) is 0 Å². The summed E-state index contributed by atoms with van der Waals surface area (Å²) in [4.78, 5) is 2.47. The molecule has 0 saturated heterocycles. The van der Waals surface area contributed by atoms with E-state index in [0.717, 1.165) is 47.2 Å². The SMILES string of the molecule is C=C(Nc1sc2c(c1[S+]([O-])N[C@H]1C[C@@H](C)C1)CCCC2)C1CC1. The van der Waals surface area contributed by atoms with Crippen LogP contribution in [0.2, 0.25) is 0 Å². The van der Waals surface area contributed by atoms with Crippen LogP contribution in [-0.4, -0.2) is 10.6 Å². The molecule has 0 aliphatic heterocycles. The van der Waals surface area contributed by atoms with Crippen LogP contribution in [0.1, 0.15) is 55.9 Å². The van der Waals surface area contributed by atoms with E-state index in [9.17, 15) is 4.55 Å². The first-order chi connectivity index (χ1) is 11.1. The molecular formula is C18H26N2OS2. The van der Waals surface area contributed by atoms with Crippen molar-refractivity contribution in [2.75, 3.05) is 5.32 Å². The number of nitrogens with one attached hydrogen (secondary N) is 2. The first-order valence-electron chi connectivity index (χ1n) is 8.90. The normalized spacial score (nSPS) is 27.9. The Bertz CT molecular complexity index is 602. The molecule has 2 saturated carbocycles. The molecule has 1 unspecified atom stereocenters. The molecule has 1 atom stereocenters. The van der Waals surface area contributed by atoms with Gasteiger partial charge in [-0.05, 0) is 63.2 Å². The maximum Gasteiger partial charge on any atom is 0.211 e. The molecule has 5 heteroatoms. The topological polar surface area (TPSA) is 47.1 Å². The van der Waals surface area contributed by atoms with Gasteiger partial charge >= 0.3 is 0 Å². The van der Waals surface area contributed by atoms with Crippen molar-refractivity contribution < 1.29 is 4.55 Å². The fourth-order valence-electron chi connectivity index (χ4n) is 3.70. The largest absolute Gasteiger partial charge is 0.593 e. The molecule has 3 aliphatic carbocycles. The highest BCUT2D eigenvalue weighted by Gasteiger charge is 2.35. The van der Waals surface area contributed by atoms with Gasteiger partial charge in [-0.3, -0.25) is 0 Å². The molecule has 126 valence electrons. The Hall–Kier alpha value is -0.490. The minimum absolute atomic E-state index is 0.421. The third-order valence-corrected chi connectivity index (χ3v) is 8.01. The zero-order valence-corrected chi connectivity index (χ0v) is 15.5. The third-order valence-electron chi connectivity index (χ3n) is 5.30. The predicted octanol–water partition coefficient (Wildman–Crippen LogP) is 4.37. The molecule has 1 heterocycles. The van der Waals surface area contributed by atoms with E-state index in [1.165, 1.54) is 36.1 Å². The third kappa shape index (κ3) is 3.34. The maximum atomic E-state index is 13.0. The van der Waals surface area contributed by atoms with E-state index in [1.807, 2.05) is 11.3 Å². The minimum atomic E-state index is -1.10. The van der Waals surface area contributed by atoms with E-state index in [4.69, 9.17) is 0 Å². The highest BCUT2D eigenvalue weighted by molar-refractivity contribution is 7.90. The first-order valence-corrected chi connectivity index (χ1v) is 10.9. The summed E-state index contributed by atoms with van der Waals surface area (Å²) in [6.07, 6.45) is 9.48. The van der Waals surface area contributed by atoms with Crippen molar-refractivity contribution in [1.29, 1.82) is 0 Å². The van der Waals surface area contributed by atoms with Gasteiger partial charge in [-0.15, -0.1) is 16.1 Å². The molecule has 23 heavy (non-hydrogen) atoms. The lowest BCUT2D eigenvalue weighted by Gasteiger charge is -2.32. The second kappa shape index (κ2) is 6.43. The molecule has 1 aromatic heterocycles. The van der Waals surface area contributed by atoms with E-state index >= 15 is 0 Å².